The van der Waals surface area contributed by atoms with Crippen molar-refractivity contribution in [2.45, 2.75) is 45.4 Å². The average Bonchev–Trinajstić information content (AvgIpc) is 2.90. The molecule has 1 N–H and O–H groups in total. The molecule has 1 amide bonds. The topological polar surface area (TPSA) is 32.3 Å². The van der Waals surface area contributed by atoms with Gasteiger partial charge >= 0.3 is 0 Å². The van der Waals surface area contributed by atoms with Crippen LogP contribution in [0.3, 0.4) is 0 Å². The van der Waals surface area contributed by atoms with E-state index in [1.807, 2.05) is 0 Å². The Hall–Kier alpha value is -0.280. The molecule has 0 bridgehead atoms. The Balaban J connectivity index is 0.00000162. The highest BCUT2D eigenvalue weighted by molar-refractivity contribution is 5.85. The third kappa shape index (κ3) is 4.13. The Labute approximate surface area is 117 Å². The van der Waals surface area contributed by atoms with E-state index >= 15 is 0 Å². The normalized spacial score (nSPS) is 21.9. The molecule has 0 aromatic heterocycles. The Bertz CT molecular complexity index is 246. The number of carbonyl (C=O) groups is 1. The van der Waals surface area contributed by atoms with Crippen molar-refractivity contribution >= 4 is 18.3 Å². The van der Waals surface area contributed by atoms with Crippen LogP contribution in [0.25, 0.3) is 0 Å². The van der Waals surface area contributed by atoms with E-state index in [1.165, 1.54) is 25.7 Å². The van der Waals surface area contributed by atoms with Crippen molar-refractivity contribution in [3.05, 3.63) is 0 Å². The van der Waals surface area contributed by atoms with Crippen LogP contribution in [-0.4, -0.2) is 37.0 Å². The summed E-state index contributed by atoms with van der Waals surface area (Å²) in [6, 6.07) is 0. The summed E-state index contributed by atoms with van der Waals surface area (Å²) >= 11 is 0. The largest absolute Gasteiger partial charge is 0.342 e. The minimum Gasteiger partial charge on any atom is -0.342 e. The van der Waals surface area contributed by atoms with Gasteiger partial charge < -0.3 is 10.2 Å². The number of piperidine rings is 1. The van der Waals surface area contributed by atoms with Crippen molar-refractivity contribution in [2.75, 3.05) is 26.2 Å². The predicted octanol–water partition coefficient (Wildman–Crippen LogP) is 2.45. The molecular weight excluding hydrogens is 248 g/mol. The summed E-state index contributed by atoms with van der Waals surface area (Å²) in [4.78, 5) is 14.4. The summed E-state index contributed by atoms with van der Waals surface area (Å²) in [6.07, 6.45) is 7.16. The van der Waals surface area contributed by atoms with E-state index in [4.69, 9.17) is 0 Å². The Morgan fingerprint density at radius 2 is 1.78 bits per heavy atom. The lowest BCUT2D eigenvalue weighted by Gasteiger charge is -2.33. The summed E-state index contributed by atoms with van der Waals surface area (Å²) in [5, 5.41) is 3.41. The molecule has 0 unspecified atom stereocenters. The maximum absolute atomic E-state index is 12.2. The third-order valence-electron chi connectivity index (χ3n) is 4.31. The number of nitrogens with one attached hydrogen (secondary N) is 1. The molecule has 106 valence electrons. The molecule has 0 aromatic carbocycles. The second kappa shape index (κ2) is 8.00. The van der Waals surface area contributed by atoms with Crippen LogP contribution in [0.2, 0.25) is 0 Å². The van der Waals surface area contributed by atoms with Gasteiger partial charge in [-0.2, -0.15) is 0 Å². The fourth-order valence-corrected chi connectivity index (χ4v) is 3.14. The fraction of sp³-hybridized carbons (Fsp3) is 0.929. The van der Waals surface area contributed by atoms with Crippen LogP contribution >= 0.6 is 12.4 Å². The number of halogens is 1. The number of nitrogens with zero attached hydrogens (tertiary/aromatic N) is 1. The molecule has 2 fully saturated rings. The van der Waals surface area contributed by atoms with E-state index in [0.717, 1.165) is 44.9 Å². The molecule has 1 aliphatic heterocycles. The standard InChI is InChI=1S/C14H26N2O.ClH/c1-2-15-11-12-7-9-16(10-8-12)14(17)13-5-3-4-6-13;/h12-13,15H,2-11H2,1H3;1H. The highest BCUT2D eigenvalue weighted by Gasteiger charge is 2.29. The second-order valence-electron chi connectivity index (χ2n) is 5.56. The van der Waals surface area contributed by atoms with Crippen LogP contribution in [0.5, 0.6) is 0 Å². The average molecular weight is 275 g/mol. The van der Waals surface area contributed by atoms with Crippen LogP contribution < -0.4 is 5.32 Å². The molecular formula is C14H27ClN2O. The molecule has 0 radical (unpaired) electrons. The SMILES string of the molecule is CCNCC1CCN(C(=O)C2CCCC2)CC1.Cl. The van der Waals surface area contributed by atoms with Crippen LogP contribution in [0.4, 0.5) is 0 Å². The van der Waals surface area contributed by atoms with Gasteiger partial charge in [0.25, 0.3) is 0 Å². The molecule has 2 aliphatic rings. The van der Waals surface area contributed by atoms with Gasteiger partial charge in [0.1, 0.15) is 0 Å². The molecule has 1 heterocycles. The molecule has 0 aromatic rings. The fourth-order valence-electron chi connectivity index (χ4n) is 3.14. The lowest BCUT2D eigenvalue weighted by Crippen LogP contribution is -2.43. The summed E-state index contributed by atoms with van der Waals surface area (Å²) in [6.45, 7) is 6.32. The van der Waals surface area contributed by atoms with Crippen LogP contribution in [-0.2, 0) is 4.79 Å². The van der Waals surface area contributed by atoms with E-state index in [9.17, 15) is 4.79 Å². The lowest BCUT2D eigenvalue weighted by molar-refractivity contribution is -0.136. The summed E-state index contributed by atoms with van der Waals surface area (Å²) in [5.41, 5.74) is 0. The number of amides is 1. The Morgan fingerprint density at radius 1 is 1.17 bits per heavy atom. The first-order chi connectivity index (χ1) is 8.31. The first kappa shape index (κ1) is 15.8. The minimum absolute atomic E-state index is 0. The summed E-state index contributed by atoms with van der Waals surface area (Å²) in [7, 11) is 0. The van der Waals surface area contributed by atoms with Crippen LogP contribution in [0, 0.1) is 11.8 Å². The minimum atomic E-state index is 0. The molecule has 2 rings (SSSR count). The van der Waals surface area contributed by atoms with Gasteiger partial charge in [-0.05, 0) is 44.7 Å². The number of hydrogen-bond acceptors (Lipinski definition) is 2. The van der Waals surface area contributed by atoms with Gasteiger partial charge in [0.15, 0.2) is 0 Å². The van der Waals surface area contributed by atoms with E-state index in [0.29, 0.717) is 11.8 Å². The van der Waals surface area contributed by atoms with Gasteiger partial charge in [0.05, 0.1) is 0 Å². The van der Waals surface area contributed by atoms with E-state index in [-0.39, 0.29) is 12.4 Å². The molecule has 0 spiro atoms. The molecule has 0 atom stereocenters. The molecule has 4 heteroatoms. The maximum atomic E-state index is 12.2. The van der Waals surface area contributed by atoms with Gasteiger partial charge in [-0.3, -0.25) is 4.79 Å². The van der Waals surface area contributed by atoms with Crippen molar-refractivity contribution in [3.63, 3.8) is 0 Å². The Kier molecular flexibility index (Phi) is 7.02. The maximum Gasteiger partial charge on any atom is 0.225 e. The van der Waals surface area contributed by atoms with Gasteiger partial charge in [-0.15, -0.1) is 12.4 Å². The van der Waals surface area contributed by atoms with Crippen molar-refractivity contribution in [1.82, 2.24) is 10.2 Å². The van der Waals surface area contributed by atoms with Crippen molar-refractivity contribution < 1.29 is 4.79 Å². The third-order valence-corrected chi connectivity index (χ3v) is 4.31. The highest BCUT2D eigenvalue weighted by atomic mass is 35.5. The van der Waals surface area contributed by atoms with Crippen LogP contribution in [0.15, 0.2) is 0 Å². The number of likely N-dealkylation sites (tertiary alicyclic amines) is 1. The van der Waals surface area contributed by atoms with Crippen molar-refractivity contribution in [3.8, 4) is 0 Å². The van der Waals surface area contributed by atoms with E-state index in [1.54, 1.807) is 0 Å². The molecule has 1 saturated heterocycles. The highest BCUT2D eigenvalue weighted by Crippen LogP contribution is 2.28. The van der Waals surface area contributed by atoms with Crippen LogP contribution in [0.1, 0.15) is 45.4 Å². The zero-order valence-corrected chi connectivity index (χ0v) is 12.3. The van der Waals surface area contributed by atoms with Gasteiger partial charge in [0, 0.05) is 19.0 Å². The van der Waals surface area contributed by atoms with E-state index < -0.39 is 0 Å². The molecule has 18 heavy (non-hydrogen) atoms. The molecule has 1 aliphatic carbocycles. The smallest absolute Gasteiger partial charge is 0.225 e. The first-order valence-corrected chi connectivity index (χ1v) is 7.30. The number of carbonyl (C=O) groups excluding carboxylic acids is 1. The molecule has 3 nitrogen and oxygen atoms in total. The predicted molar refractivity (Wildman–Crippen MR) is 77.1 cm³/mol. The quantitative estimate of drug-likeness (QED) is 0.854. The lowest BCUT2D eigenvalue weighted by atomic mass is 9.95. The first-order valence-electron chi connectivity index (χ1n) is 7.30. The molecule has 1 saturated carbocycles. The monoisotopic (exact) mass is 274 g/mol. The van der Waals surface area contributed by atoms with Crippen molar-refractivity contribution in [2.24, 2.45) is 11.8 Å². The zero-order valence-electron chi connectivity index (χ0n) is 11.5. The zero-order chi connectivity index (χ0) is 12.1. The van der Waals surface area contributed by atoms with Crippen molar-refractivity contribution in [1.29, 1.82) is 0 Å². The summed E-state index contributed by atoms with van der Waals surface area (Å²) < 4.78 is 0. The number of rotatable bonds is 4. The summed E-state index contributed by atoms with van der Waals surface area (Å²) in [5.74, 6) is 1.59. The number of hydrogen-bond donors (Lipinski definition) is 1. The van der Waals surface area contributed by atoms with Gasteiger partial charge in [-0.25, -0.2) is 0 Å². The second-order valence-corrected chi connectivity index (χ2v) is 5.56. The Morgan fingerprint density at radius 3 is 2.33 bits per heavy atom. The van der Waals surface area contributed by atoms with Gasteiger partial charge in [-0.1, -0.05) is 19.8 Å². The van der Waals surface area contributed by atoms with E-state index in [2.05, 4.69) is 17.1 Å². The van der Waals surface area contributed by atoms with Gasteiger partial charge in [0.2, 0.25) is 5.91 Å².